The Bertz CT molecular complexity index is 117. The van der Waals surface area contributed by atoms with Crippen molar-refractivity contribution in [3.63, 3.8) is 0 Å². The first-order valence-electron chi connectivity index (χ1n) is 2.16. The minimum Gasteiger partial charge on any atom is -0.644 e. The lowest BCUT2D eigenvalue weighted by Gasteiger charge is -2.21. The van der Waals surface area contributed by atoms with Crippen LogP contribution in [0.25, 0.3) is 5.32 Å². The number of hydrogen-bond donors (Lipinski definition) is 0. The van der Waals surface area contributed by atoms with Crippen LogP contribution in [0.1, 0.15) is 0 Å². The van der Waals surface area contributed by atoms with Crippen molar-refractivity contribution in [1.82, 2.24) is 0 Å². The highest BCUT2D eigenvalue weighted by Gasteiger charge is 2.06. The maximum atomic E-state index is 10.1. The largest absolute Gasteiger partial charge is 0.644 e. The van der Waals surface area contributed by atoms with Crippen LogP contribution in [0.5, 0.6) is 0 Å². The molecule has 1 aliphatic heterocycles. The smallest absolute Gasteiger partial charge is 0.292 e. The number of carbonyl (C=O) groups is 2. The molecule has 44 valence electrons. The maximum Gasteiger partial charge on any atom is 0.292 e. The van der Waals surface area contributed by atoms with Gasteiger partial charge in [0.15, 0.2) is 0 Å². The van der Waals surface area contributed by atoms with Gasteiger partial charge in [0.2, 0.25) is 0 Å². The lowest BCUT2D eigenvalue weighted by molar-refractivity contribution is -0.158. The molecule has 1 saturated heterocycles. The van der Waals surface area contributed by atoms with Gasteiger partial charge in [-0.2, -0.15) is 0 Å². The van der Waals surface area contributed by atoms with Crippen molar-refractivity contribution in [3.05, 3.63) is 5.32 Å². The molecule has 0 radical (unpaired) electrons. The summed E-state index contributed by atoms with van der Waals surface area (Å²) in [6.07, 6.45) is 0. The van der Waals surface area contributed by atoms with E-state index in [1.807, 2.05) is 0 Å². The van der Waals surface area contributed by atoms with E-state index in [2.05, 4.69) is 10.1 Å². The van der Waals surface area contributed by atoms with E-state index >= 15 is 0 Å². The average Bonchev–Trinajstić information content (AvgIpc) is 1.64. The molecule has 0 unspecified atom stereocenters. The molecule has 1 heterocycles. The fourth-order valence-corrected chi connectivity index (χ4v) is 0.430. The summed E-state index contributed by atoms with van der Waals surface area (Å²) < 4.78 is 4.11. The molecule has 0 spiro atoms. The third-order valence-corrected chi connectivity index (χ3v) is 0.709. The van der Waals surface area contributed by atoms with Gasteiger partial charge in [-0.25, -0.2) is 0 Å². The summed E-state index contributed by atoms with van der Waals surface area (Å²) in [5.74, 6) is -1.11. The molecule has 0 aromatic heterocycles. The Morgan fingerprint density at radius 1 is 1.25 bits per heavy atom. The van der Waals surface area contributed by atoms with Gasteiger partial charge < -0.3 is 10.1 Å². The first-order valence-corrected chi connectivity index (χ1v) is 2.16. The number of morpholine rings is 1. The topological polar surface area (TPSA) is 57.5 Å². The second kappa shape index (κ2) is 1.92. The van der Waals surface area contributed by atoms with E-state index in [9.17, 15) is 9.59 Å². The van der Waals surface area contributed by atoms with E-state index in [0.717, 1.165) is 0 Å². The zero-order valence-electron chi connectivity index (χ0n) is 4.09. The van der Waals surface area contributed by atoms with Crippen LogP contribution < -0.4 is 0 Å². The normalized spacial score (nSPS) is 20.5. The summed E-state index contributed by atoms with van der Waals surface area (Å²) in [7, 11) is 0. The number of nitrogens with zero attached hydrogens (tertiary/aromatic N) is 1. The first kappa shape index (κ1) is 5.24. The monoisotopic (exact) mass is 114 g/mol. The van der Waals surface area contributed by atoms with Crippen molar-refractivity contribution >= 4 is 11.9 Å². The molecule has 0 bridgehead atoms. The van der Waals surface area contributed by atoms with E-state index in [0.29, 0.717) is 0 Å². The summed E-state index contributed by atoms with van der Waals surface area (Å²) in [6, 6.07) is 0. The third kappa shape index (κ3) is 1.04. The van der Waals surface area contributed by atoms with Crippen LogP contribution in [-0.4, -0.2) is 25.0 Å². The molecule has 1 rings (SSSR count). The van der Waals surface area contributed by atoms with E-state index in [4.69, 9.17) is 0 Å². The Morgan fingerprint density at radius 2 is 1.75 bits per heavy atom. The lowest BCUT2D eigenvalue weighted by atomic mass is 10.5. The number of carbonyl (C=O) groups excluding carboxylic acids is 2. The van der Waals surface area contributed by atoms with Gasteiger partial charge in [-0.05, 0) is 13.1 Å². The van der Waals surface area contributed by atoms with Crippen molar-refractivity contribution in [2.24, 2.45) is 0 Å². The summed E-state index contributed by atoms with van der Waals surface area (Å²) in [4.78, 5) is 20.3. The highest BCUT2D eigenvalue weighted by Crippen LogP contribution is 1.97. The van der Waals surface area contributed by atoms with Crippen LogP contribution in [0.4, 0.5) is 0 Å². The molecule has 0 atom stereocenters. The highest BCUT2D eigenvalue weighted by molar-refractivity contribution is 5.93. The highest BCUT2D eigenvalue weighted by atomic mass is 16.6. The fraction of sp³-hybridized carbons (Fsp3) is 0.500. The van der Waals surface area contributed by atoms with Crippen molar-refractivity contribution in [1.29, 1.82) is 0 Å². The summed E-state index contributed by atoms with van der Waals surface area (Å²) in [6.45, 7) is 0.0392. The van der Waals surface area contributed by atoms with E-state index in [1.54, 1.807) is 0 Å². The quantitative estimate of drug-likeness (QED) is 0.313. The number of cyclic esters (lactones) is 2. The fourth-order valence-electron chi connectivity index (χ4n) is 0.430. The van der Waals surface area contributed by atoms with Crippen molar-refractivity contribution in [2.45, 2.75) is 0 Å². The summed E-state index contributed by atoms with van der Waals surface area (Å²) in [5.41, 5.74) is 0. The number of hydrogen-bond acceptors (Lipinski definition) is 3. The lowest BCUT2D eigenvalue weighted by Crippen LogP contribution is -2.24. The molecule has 0 aromatic carbocycles. The van der Waals surface area contributed by atoms with Gasteiger partial charge in [0.1, 0.15) is 0 Å². The van der Waals surface area contributed by atoms with Crippen molar-refractivity contribution < 1.29 is 14.3 Å². The summed E-state index contributed by atoms with van der Waals surface area (Å²) in [5, 5.41) is 3.52. The van der Waals surface area contributed by atoms with Crippen LogP contribution in [0.15, 0.2) is 0 Å². The Morgan fingerprint density at radius 3 is 2.00 bits per heavy atom. The molecule has 4 heteroatoms. The number of ether oxygens (including phenoxy) is 1. The molecule has 4 nitrogen and oxygen atoms in total. The van der Waals surface area contributed by atoms with Crippen LogP contribution in [0.3, 0.4) is 0 Å². The van der Waals surface area contributed by atoms with Gasteiger partial charge in [-0.3, -0.25) is 9.59 Å². The van der Waals surface area contributed by atoms with Crippen molar-refractivity contribution in [2.75, 3.05) is 13.1 Å². The SMILES string of the molecule is O=C1C[N-]CC(=O)O1. The Labute approximate surface area is 45.8 Å². The van der Waals surface area contributed by atoms with E-state index in [-0.39, 0.29) is 13.1 Å². The molecular formula is C4H4NO3-. The van der Waals surface area contributed by atoms with E-state index in [1.165, 1.54) is 0 Å². The first-order chi connectivity index (χ1) is 3.79. The van der Waals surface area contributed by atoms with Gasteiger partial charge >= 0.3 is 0 Å². The molecule has 0 saturated carbocycles. The van der Waals surface area contributed by atoms with Crippen LogP contribution in [0.2, 0.25) is 0 Å². The molecular weight excluding hydrogens is 110 g/mol. The van der Waals surface area contributed by atoms with Crippen LogP contribution in [-0.2, 0) is 14.3 Å². The number of rotatable bonds is 0. The van der Waals surface area contributed by atoms with Gasteiger partial charge in [0, 0.05) is 0 Å². The second-order valence-electron chi connectivity index (χ2n) is 1.39. The summed E-state index contributed by atoms with van der Waals surface area (Å²) >= 11 is 0. The zero-order valence-corrected chi connectivity index (χ0v) is 4.09. The molecule has 0 aromatic rings. The Balaban J connectivity index is 2.45. The minimum absolute atomic E-state index is 0.0196. The van der Waals surface area contributed by atoms with Gasteiger partial charge in [-0.1, -0.05) is 0 Å². The molecule has 0 amide bonds. The third-order valence-electron chi connectivity index (χ3n) is 0.709. The van der Waals surface area contributed by atoms with E-state index < -0.39 is 11.9 Å². The van der Waals surface area contributed by atoms with Crippen molar-refractivity contribution in [3.8, 4) is 0 Å². The Hall–Kier alpha value is -0.900. The Kier molecular flexibility index (Phi) is 1.26. The van der Waals surface area contributed by atoms with Crippen LogP contribution >= 0.6 is 0 Å². The molecule has 1 fully saturated rings. The predicted octanol–water partition coefficient (Wildman–Crippen LogP) is -0.556. The molecule has 0 N–H and O–H groups in total. The van der Waals surface area contributed by atoms with Gasteiger partial charge in [0.25, 0.3) is 11.9 Å². The standard InChI is InChI=1S/C4H4NO3/c6-3-1-5-2-4(7)8-3/h1-2H2/q-1. The van der Waals surface area contributed by atoms with Gasteiger partial charge in [-0.15, -0.1) is 0 Å². The second-order valence-corrected chi connectivity index (χ2v) is 1.39. The molecule has 0 aliphatic carbocycles. The zero-order chi connectivity index (χ0) is 5.98. The number of esters is 2. The average molecular weight is 114 g/mol. The predicted molar refractivity (Wildman–Crippen MR) is 24.2 cm³/mol. The maximum absolute atomic E-state index is 10.1. The minimum atomic E-state index is -0.554. The van der Waals surface area contributed by atoms with Crippen LogP contribution in [0, 0.1) is 0 Å². The van der Waals surface area contributed by atoms with Gasteiger partial charge in [0.05, 0.1) is 0 Å². The molecule has 1 aliphatic rings. The molecule has 8 heavy (non-hydrogen) atoms.